The van der Waals surface area contributed by atoms with Crippen molar-refractivity contribution in [2.75, 3.05) is 27.4 Å². The van der Waals surface area contributed by atoms with Crippen LogP contribution in [0.3, 0.4) is 0 Å². The van der Waals surface area contributed by atoms with E-state index in [1.165, 1.54) is 0 Å². The summed E-state index contributed by atoms with van der Waals surface area (Å²) in [5, 5.41) is 12.7. The van der Waals surface area contributed by atoms with Crippen LogP contribution >= 0.6 is 0 Å². The Kier molecular flexibility index (Phi) is 6.64. The molecule has 0 bridgehead atoms. The van der Waals surface area contributed by atoms with E-state index in [9.17, 15) is 5.11 Å². The van der Waals surface area contributed by atoms with E-state index < -0.39 is 6.10 Å². The third kappa shape index (κ3) is 5.44. The molecule has 0 aliphatic carbocycles. The summed E-state index contributed by atoms with van der Waals surface area (Å²) in [5.74, 6) is 0.818. The summed E-state index contributed by atoms with van der Waals surface area (Å²) in [4.78, 5) is 4.41. The van der Waals surface area contributed by atoms with Crippen LogP contribution in [-0.2, 0) is 11.3 Å². The van der Waals surface area contributed by atoms with Gasteiger partial charge in [0.25, 0.3) is 0 Å². The molecular formula is C13H22N2O3. The van der Waals surface area contributed by atoms with E-state index in [2.05, 4.69) is 10.3 Å². The molecule has 0 saturated carbocycles. The van der Waals surface area contributed by atoms with Gasteiger partial charge in [0.15, 0.2) is 0 Å². The zero-order valence-corrected chi connectivity index (χ0v) is 11.3. The molecule has 0 radical (unpaired) electrons. The van der Waals surface area contributed by atoms with Crippen molar-refractivity contribution in [1.82, 2.24) is 10.3 Å². The quantitative estimate of drug-likeness (QED) is 0.674. The number of aliphatic hydroxyl groups excluding tert-OH is 1. The first-order chi connectivity index (χ1) is 8.65. The molecule has 0 saturated heterocycles. The summed E-state index contributed by atoms with van der Waals surface area (Å²) >= 11 is 0. The molecule has 0 spiro atoms. The number of aryl methyl sites for hydroxylation is 1. The molecule has 1 rings (SSSR count). The highest BCUT2D eigenvalue weighted by atomic mass is 16.5. The fourth-order valence-corrected chi connectivity index (χ4v) is 1.67. The number of rotatable bonds is 8. The molecule has 1 aromatic rings. The fraction of sp³-hybridized carbons (Fsp3) is 0.615. The second-order valence-corrected chi connectivity index (χ2v) is 4.21. The number of ether oxygens (including phenoxy) is 2. The van der Waals surface area contributed by atoms with Crippen molar-refractivity contribution in [3.8, 4) is 5.75 Å². The normalized spacial score (nSPS) is 12.4. The van der Waals surface area contributed by atoms with Crippen molar-refractivity contribution < 1.29 is 14.6 Å². The topological polar surface area (TPSA) is 63.6 Å². The van der Waals surface area contributed by atoms with Crippen LogP contribution in [-0.4, -0.2) is 43.6 Å². The fourth-order valence-electron chi connectivity index (χ4n) is 1.67. The number of hydrogen-bond acceptors (Lipinski definition) is 5. The van der Waals surface area contributed by atoms with Crippen LogP contribution in [0.25, 0.3) is 0 Å². The Morgan fingerprint density at radius 1 is 1.39 bits per heavy atom. The Labute approximate surface area is 108 Å². The van der Waals surface area contributed by atoms with Gasteiger partial charge in [-0.3, -0.25) is 4.98 Å². The van der Waals surface area contributed by atoms with E-state index >= 15 is 0 Å². The van der Waals surface area contributed by atoms with Crippen LogP contribution in [0.5, 0.6) is 5.75 Å². The molecule has 102 valence electrons. The number of nitrogens with zero attached hydrogens (tertiary/aromatic N) is 1. The van der Waals surface area contributed by atoms with Gasteiger partial charge in [-0.15, -0.1) is 0 Å². The van der Waals surface area contributed by atoms with E-state index in [-0.39, 0.29) is 0 Å². The molecule has 0 aromatic carbocycles. The van der Waals surface area contributed by atoms with Gasteiger partial charge in [-0.25, -0.2) is 0 Å². The molecule has 0 fully saturated rings. The molecule has 18 heavy (non-hydrogen) atoms. The number of nitrogens with one attached hydrogen (secondary N) is 1. The molecule has 0 aliphatic rings. The van der Waals surface area contributed by atoms with E-state index in [0.29, 0.717) is 19.6 Å². The van der Waals surface area contributed by atoms with Gasteiger partial charge in [-0.05, 0) is 19.9 Å². The Morgan fingerprint density at radius 3 is 2.83 bits per heavy atom. The third-order valence-corrected chi connectivity index (χ3v) is 2.54. The van der Waals surface area contributed by atoms with E-state index in [4.69, 9.17) is 9.47 Å². The smallest absolute Gasteiger partial charge is 0.122 e. The Morgan fingerprint density at radius 2 is 2.17 bits per heavy atom. The Hall–Kier alpha value is -1.17. The van der Waals surface area contributed by atoms with E-state index in [1.807, 2.05) is 19.1 Å². The van der Waals surface area contributed by atoms with Crippen LogP contribution in [0.4, 0.5) is 0 Å². The number of aromatic nitrogens is 1. The van der Waals surface area contributed by atoms with Gasteiger partial charge in [0.05, 0.1) is 25.5 Å². The molecule has 2 N–H and O–H groups in total. The number of hydrogen-bond donors (Lipinski definition) is 2. The third-order valence-electron chi connectivity index (χ3n) is 2.54. The van der Waals surface area contributed by atoms with Crippen molar-refractivity contribution in [1.29, 1.82) is 0 Å². The standard InChI is InChI=1S/C13H22N2O3/c1-10-6-13(18-3)7-11(15-10)8-14-5-4-12(16)9-17-2/h6-7,12,14,16H,4-5,8-9H2,1-3H3. The minimum Gasteiger partial charge on any atom is -0.497 e. The minimum atomic E-state index is -0.414. The molecule has 1 heterocycles. The summed E-state index contributed by atoms with van der Waals surface area (Å²) < 4.78 is 10.0. The minimum absolute atomic E-state index is 0.373. The van der Waals surface area contributed by atoms with Gasteiger partial charge >= 0.3 is 0 Å². The molecule has 5 nitrogen and oxygen atoms in total. The average molecular weight is 254 g/mol. The second kappa shape index (κ2) is 8.02. The van der Waals surface area contributed by atoms with Crippen LogP contribution in [0.2, 0.25) is 0 Å². The first-order valence-electron chi connectivity index (χ1n) is 6.05. The lowest BCUT2D eigenvalue weighted by Crippen LogP contribution is -2.23. The predicted octanol–water partition coefficient (Wildman–Crippen LogP) is 0.886. The molecule has 1 unspecified atom stereocenters. The van der Waals surface area contributed by atoms with E-state index in [0.717, 1.165) is 23.7 Å². The number of methoxy groups -OCH3 is 2. The molecule has 1 atom stereocenters. The maximum absolute atomic E-state index is 9.47. The highest BCUT2D eigenvalue weighted by Gasteiger charge is 2.03. The number of aliphatic hydroxyl groups is 1. The lowest BCUT2D eigenvalue weighted by molar-refractivity contribution is 0.0594. The monoisotopic (exact) mass is 254 g/mol. The summed E-state index contributed by atoms with van der Waals surface area (Å²) in [7, 11) is 3.23. The molecule has 1 aromatic heterocycles. The van der Waals surface area contributed by atoms with Crippen molar-refractivity contribution in [2.45, 2.75) is 26.0 Å². The summed E-state index contributed by atoms with van der Waals surface area (Å²) in [6, 6.07) is 3.80. The first kappa shape index (κ1) is 14.9. The molecule has 0 aliphatic heterocycles. The number of pyridine rings is 1. The largest absolute Gasteiger partial charge is 0.497 e. The van der Waals surface area contributed by atoms with Crippen molar-refractivity contribution >= 4 is 0 Å². The summed E-state index contributed by atoms with van der Waals surface area (Å²) in [6.45, 7) is 3.70. The zero-order valence-electron chi connectivity index (χ0n) is 11.3. The average Bonchev–Trinajstić information content (AvgIpc) is 2.34. The first-order valence-corrected chi connectivity index (χ1v) is 6.05. The summed E-state index contributed by atoms with van der Waals surface area (Å²) in [5.41, 5.74) is 1.87. The maximum Gasteiger partial charge on any atom is 0.122 e. The van der Waals surface area contributed by atoms with Gasteiger partial charge < -0.3 is 19.9 Å². The zero-order chi connectivity index (χ0) is 13.4. The van der Waals surface area contributed by atoms with Crippen molar-refractivity contribution in [2.24, 2.45) is 0 Å². The molecular weight excluding hydrogens is 232 g/mol. The van der Waals surface area contributed by atoms with E-state index in [1.54, 1.807) is 14.2 Å². The van der Waals surface area contributed by atoms with Crippen molar-refractivity contribution in [3.05, 3.63) is 23.5 Å². The molecule has 5 heteroatoms. The van der Waals surface area contributed by atoms with Crippen molar-refractivity contribution in [3.63, 3.8) is 0 Å². The van der Waals surface area contributed by atoms with Crippen LogP contribution in [0, 0.1) is 6.92 Å². The highest BCUT2D eigenvalue weighted by Crippen LogP contribution is 2.12. The highest BCUT2D eigenvalue weighted by molar-refractivity contribution is 5.26. The predicted molar refractivity (Wildman–Crippen MR) is 69.7 cm³/mol. The second-order valence-electron chi connectivity index (χ2n) is 4.21. The Balaban J connectivity index is 2.33. The van der Waals surface area contributed by atoms with Crippen LogP contribution in [0.15, 0.2) is 12.1 Å². The Bertz CT molecular complexity index is 358. The SMILES string of the molecule is COCC(O)CCNCc1cc(OC)cc(C)n1. The maximum atomic E-state index is 9.47. The lowest BCUT2D eigenvalue weighted by Gasteiger charge is -2.10. The van der Waals surface area contributed by atoms with Gasteiger partial charge in [0.1, 0.15) is 5.75 Å². The lowest BCUT2D eigenvalue weighted by atomic mass is 10.2. The van der Waals surface area contributed by atoms with Crippen LogP contribution in [0.1, 0.15) is 17.8 Å². The van der Waals surface area contributed by atoms with Gasteiger partial charge in [-0.1, -0.05) is 0 Å². The van der Waals surface area contributed by atoms with Crippen LogP contribution < -0.4 is 10.1 Å². The van der Waals surface area contributed by atoms with Gasteiger partial charge in [0, 0.05) is 31.5 Å². The summed E-state index contributed by atoms with van der Waals surface area (Å²) in [6.07, 6.45) is 0.249. The van der Waals surface area contributed by atoms with Gasteiger partial charge in [-0.2, -0.15) is 0 Å². The molecule has 0 amide bonds. The van der Waals surface area contributed by atoms with Gasteiger partial charge in [0.2, 0.25) is 0 Å².